The van der Waals surface area contributed by atoms with Crippen molar-refractivity contribution in [3.63, 3.8) is 0 Å². The first-order chi connectivity index (χ1) is 8.24. The van der Waals surface area contributed by atoms with Crippen LogP contribution in [0.25, 0.3) is 0 Å². The van der Waals surface area contributed by atoms with Crippen LogP contribution in [-0.2, 0) is 0 Å². The minimum Gasteiger partial charge on any atom is -1.00 e. The monoisotopic (exact) mass is 445 g/mol. The molecule has 0 aromatic heterocycles. The van der Waals surface area contributed by atoms with Gasteiger partial charge in [-0.25, -0.2) is 0 Å². The Balaban J connectivity index is -0.00000128. The van der Waals surface area contributed by atoms with Gasteiger partial charge in [0.15, 0.2) is 0 Å². The smallest absolute Gasteiger partial charge is 0.369 e. The molecule has 19 heavy (non-hydrogen) atoms. The summed E-state index contributed by atoms with van der Waals surface area (Å²) in [5.74, 6) is 0. The third-order valence-electron chi connectivity index (χ3n) is 4.24. The molecule has 0 saturated heterocycles. The molecule has 0 atom stereocenters. The van der Waals surface area contributed by atoms with Gasteiger partial charge in [0.25, 0.3) is 0 Å². The molecule has 0 aliphatic rings. The number of quaternary nitrogens is 1. The molecule has 4 N–H and O–H groups in total. The number of rotatable bonds is 12. The second kappa shape index (κ2) is 17.3. The van der Waals surface area contributed by atoms with Crippen molar-refractivity contribution in [2.24, 2.45) is 0 Å². The molecule has 0 aromatic rings. The van der Waals surface area contributed by atoms with E-state index in [1.807, 2.05) is 0 Å². The Bertz CT molecular complexity index is 127. The first-order valence-electron chi connectivity index (χ1n) is 8.24. The summed E-state index contributed by atoms with van der Waals surface area (Å²) in [5, 5.41) is 0. The van der Waals surface area contributed by atoms with Crippen LogP contribution < -0.4 is 23.1 Å². The van der Waals surface area contributed by atoms with Crippen LogP contribution in [0.3, 0.4) is 0 Å². The van der Waals surface area contributed by atoms with Crippen LogP contribution in [0.5, 0.6) is 0 Å². The molecule has 0 radical (unpaired) electrons. The molecular weight excluding hydrogens is 405 g/mol. The maximum absolute atomic E-state index is 2.37. The Morgan fingerprint density at radius 3 is 0.895 bits per heavy atom. The molecule has 0 heterocycles. The van der Waals surface area contributed by atoms with E-state index in [1.54, 1.807) is 17.7 Å². The predicted octanol–water partition coefficient (Wildman–Crippen LogP) is 4.02. The Morgan fingerprint density at radius 1 is 0.526 bits per heavy atom. The van der Waals surface area contributed by atoms with Crippen LogP contribution in [0.15, 0.2) is 0 Å². The summed E-state index contributed by atoms with van der Waals surface area (Å²) in [5.41, 5.74) is 0. The van der Waals surface area contributed by atoms with Gasteiger partial charge in [0, 0.05) is 0 Å². The molecule has 1 nitrogen and oxygen atoms in total. The van der Waals surface area contributed by atoms with Gasteiger partial charge in [-0.1, -0.05) is 0 Å². The molecular formula is C16H40BrNSn. The maximum atomic E-state index is 2.37. The summed E-state index contributed by atoms with van der Waals surface area (Å²) in [6.45, 7) is 9.48. The van der Waals surface area contributed by atoms with E-state index in [2.05, 4.69) is 27.7 Å². The van der Waals surface area contributed by atoms with Gasteiger partial charge < -0.3 is 23.1 Å². The fourth-order valence-electron chi connectivity index (χ4n) is 2.96. The SMILES string of the molecule is CCC[CH2][Sn]([CH2]CCC)([CH2]CCC)[CH2]CCC.[Br-].[NH4+]. The minimum atomic E-state index is -1.69. The molecule has 0 fully saturated rings. The summed E-state index contributed by atoms with van der Waals surface area (Å²) in [6.07, 6.45) is 11.8. The molecule has 0 amide bonds. The topological polar surface area (TPSA) is 36.5 Å². The Morgan fingerprint density at radius 2 is 0.737 bits per heavy atom. The first-order valence-corrected chi connectivity index (χ1v) is 16.3. The van der Waals surface area contributed by atoms with E-state index in [1.165, 1.54) is 51.4 Å². The molecule has 0 aromatic carbocycles. The molecule has 3 heteroatoms. The third kappa shape index (κ3) is 12.7. The summed E-state index contributed by atoms with van der Waals surface area (Å²) in [4.78, 5) is 0. The van der Waals surface area contributed by atoms with Crippen LogP contribution in [-0.4, -0.2) is 18.4 Å². The van der Waals surface area contributed by atoms with Crippen molar-refractivity contribution in [1.82, 2.24) is 6.15 Å². The van der Waals surface area contributed by atoms with E-state index in [0.717, 1.165) is 0 Å². The van der Waals surface area contributed by atoms with Gasteiger partial charge in [0.1, 0.15) is 0 Å². The zero-order chi connectivity index (χ0) is 13.0. The summed E-state index contributed by atoms with van der Waals surface area (Å²) in [6, 6.07) is 0. The van der Waals surface area contributed by atoms with Crippen molar-refractivity contribution in [2.45, 2.75) is 96.8 Å². The zero-order valence-corrected chi connectivity index (χ0v) is 18.8. The molecule has 0 spiro atoms. The van der Waals surface area contributed by atoms with Crippen molar-refractivity contribution in [1.29, 1.82) is 0 Å². The van der Waals surface area contributed by atoms with Crippen molar-refractivity contribution >= 4 is 18.4 Å². The van der Waals surface area contributed by atoms with Crippen molar-refractivity contribution in [3.05, 3.63) is 0 Å². The average Bonchev–Trinajstić information content (AvgIpc) is 2.37. The van der Waals surface area contributed by atoms with Gasteiger partial charge in [-0.15, -0.1) is 0 Å². The number of unbranched alkanes of at least 4 members (excludes halogenated alkanes) is 4. The Kier molecular flexibility index (Phi) is 22.9. The Hall–Kier alpha value is 1.24. The first kappa shape index (κ1) is 25.2. The molecule has 0 aliphatic heterocycles. The van der Waals surface area contributed by atoms with E-state index in [4.69, 9.17) is 0 Å². The molecule has 0 saturated carbocycles. The fraction of sp³-hybridized carbons (Fsp3) is 1.00. The summed E-state index contributed by atoms with van der Waals surface area (Å²) < 4.78 is 6.80. The van der Waals surface area contributed by atoms with Crippen LogP contribution in [0.2, 0.25) is 17.7 Å². The van der Waals surface area contributed by atoms with Crippen LogP contribution >= 0.6 is 0 Å². The van der Waals surface area contributed by atoms with Crippen LogP contribution in [0.1, 0.15) is 79.1 Å². The molecule has 0 unspecified atom stereocenters. The van der Waals surface area contributed by atoms with Crippen LogP contribution in [0, 0.1) is 0 Å². The van der Waals surface area contributed by atoms with Gasteiger partial charge in [0.05, 0.1) is 0 Å². The minimum absolute atomic E-state index is 0. The largest absolute Gasteiger partial charge is 1.00 e. The Labute approximate surface area is 137 Å². The second-order valence-electron chi connectivity index (χ2n) is 5.91. The summed E-state index contributed by atoms with van der Waals surface area (Å²) >= 11 is -1.69. The quantitative estimate of drug-likeness (QED) is 0.441. The van der Waals surface area contributed by atoms with E-state index in [0.29, 0.717) is 0 Å². The van der Waals surface area contributed by atoms with Gasteiger partial charge in [-0.3, -0.25) is 0 Å². The maximum Gasteiger partial charge on any atom is -0.369 e. The second-order valence-corrected chi connectivity index (χ2v) is 20.2. The average molecular weight is 445 g/mol. The van der Waals surface area contributed by atoms with Gasteiger partial charge in [-0.05, 0) is 0 Å². The fourth-order valence-corrected chi connectivity index (χ4v) is 19.8. The van der Waals surface area contributed by atoms with E-state index in [9.17, 15) is 0 Å². The van der Waals surface area contributed by atoms with Crippen molar-refractivity contribution in [2.75, 3.05) is 0 Å². The zero-order valence-electron chi connectivity index (χ0n) is 14.4. The summed E-state index contributed by atoms with van der Waals surface area (Å²) in [7, 11) is 0. The van der Waals surface area contributed by atoms with E-state index in [-0.39, 0.29) is 23.1 Å². The normalized spacial score (nSPS) is 10.7. The van der Waals surface area contributed by atoms with Crippen LogP contribution in [0.4, 0.5) is 0 Å². The van der Waals surface area contributed by atoms with Crippen molar-refractivity contribution < 1.29 is 17.0 Å². The number of hydrogen-bond acceptors (Lipinski definition) is 0. The molecule has 0 rings (SSSR count). The third-order valence-corrected chi connectivity index (χ3v) is 20.4. The molecule has 0 aliphatic carbocycles. The van der Waals surface area contributed by atoms with Gasteiger partial charge in [0.2, 0.25) is 0 Å². The molecule has 120 valence electrons. The predicted molar refractivity (Wildman–Crippen MR) is 90.6 cm³/mol. The van der Waals surface area contributed by atoms with Gasteiger partial charge >= 0.3 is 115 Å². The standard InChI is InChI=1S/4C4H9.BrH.H3N.Sn/c4*1-3-4-2;;;/h4*1,3-4H2,2H3;1H;1H3;. The number of halogens is 1. The van der Waals surface area contributed by atoms with E-state index < -0.39 is 18.4 Å². The van der Waals surface area contributed by atoms with Gasteiger partial charge in [-0.2, -0.15) is 0 Å². The van der Waals surface area contributed by atoms with Crippen molar-refractivity contribution in [3.8, 4) is 0 Å². The van der Waals surface area contributed by atoms with E-state index >= 15 is 0 Å². The number of hydrogen-bond donors (Lipinski definition) is 1. The molecule has 0 bridgehead atoms.